The fraction of sp³-hybridized carbons (Fsp3) is 0.118. The van der Waals surface area contributed by atoms with Crippen molar-refractivity contribution in [1.29, 1.82) is 0 Å². The third-order valence-corrected chi connectivity index (χ3v) is 3.80. The number of nitrogens with zero attached hydrogens (tertiary/aromatic N) is 7. The van der Waals surface area contributed by atoms with Crippen LogP contribution in [0, 0.1) is 0 Å². The summed E-state index contributed by atoms with van der Waals surface area (Å²) in [6, 6.07) is 10.6. The largest absolute Gasteiger partial charge is 0.345 e. The van der Waals surface area contributed by atoms with Crippen molar-refractivity contribution in [3.63, 3.8) is 0 Å². The average molecular weight is 361 g/mol. The third-order valence-electron chi connectivity index (χ3n) is 3.80. The lowest BCUT2D eigenvalue weighted by Crippen LogP contribution is -2.23. The molecule has 0 radical (unpaired) electrons. The summed E-state index contributed by atoms with van der Waals surface area (Å²) in [5, 5.41) is 21.6. The molecular weight excluding hydrogens is 346 g/mol. The molecule has 27 heavy (non-hydrogen) atoms. The lowest BCUT2D eigenvalue weighted by atomic mass is 10.1. The monoisotopic (exact) mass is 361 g/mol. The van der Waals surface area contributed by atoms with Crippen LogP contribution in [0.4, 0.5) is 0 Å². The maximum Gasteiger partial charge on any atom is 0.251 e. The van der Waals surface area contributed by atoms with E-state index in [1.807, 2.05) is 12.1 Å². The van der Waals surface area contributed by atoms with Crippen molar-refractivity contribution in [1.82, 2.24) is 45.7 Å². The molecule has 0 unspecified atom stereocenters. The molecule has 1 aromatic carbocycles. The second kappa shape index (κ2) is 7.12. The van der Waals surface area contributed by atoms with E-state index in [0.717, 1.165) is 11.1 Å². The average Bonchev–Trinajstić information content (AvgIpc) is 3.36. The number of pyridine rings is 1. The van der Waals surface area contributed by atoms with E-state index >= 15 is 0 Å². The van der Waals surface area contributed by atoms with E-state index in [1.165, 1.54) is 4.80 Å². The SMILES string of the molecule is Cn1nnc(-c2ccc(C(=O)NCc3nc(-c4ccncc4)n[nH]3)cc2)n1. The maximum absolute atomic E-state index is 12.3. The molecule has 1 amide bonds. The van der Waals surface area contributed by atoms with Crippen LogP contribution in [0.2, 0.25) is 0 Å². The van der Waals surface area contributed by atoms with Crippen LogP contribution in [-0.4, -0.2) is 46.3 Å². The van der Waals surface area contributed by atoms with Crippen LogP contribution in [0.1, 0.15) is 16.2 Å². The van der Waals surface area contributed by atoms with Gasteiger partial charge in [-0.05, 0) is 29.5 Å². The molecule has 2 N–H and O–H groups in total. The molecule has 0 saturated carbocycles. The molecule has 10 heteroatoms. The quantitative estimate of drug-likeness (QED) is 0.542. The second-order valence-corrected chi connectivity index (χ2v) is 5.70. The minimum absolute atomic E-state index is 0.212. The Kier molecular flexibility index (Phi) is 4.35. The first-order valence-electron chi connectivity index (χ1n) is 8.13. The predicted molar refractivity (Wildman–Crippen MR) is 95.0 cm³/mol. The molecule has 0 aliphatic heterocycles. The number of carbonyl (C=O) groups is 1. The minimum atomic E-state index is -0.212. The highest BCUT2D eigenvalue weighted by atomic mass is 16.1. The van der Waals surface area contributed by atoms with Crippen molar-refractivity contribution >= 4 is 5.91 Å². The van der Waals surface area contributed by atoms with Gasteiger partial charge < -0.3 is 5.32 Å². The molecule has 0 saturated heterocycles. The topological polar surface area (TPSA) is 127 Å². The Bertz CT molecular complexity index is 1050. The zero-order chi connectivity index (χ0) is 18.6. The summed E-state index contributed by atoms with van der Waals surface area (Å²) in [6.07, 6.45) is 3.35. The summed E-state index contributed by atoms with van der Waals surface area (Å²) < 4.78 is 0. The molecule has 10 nitrogen and oxygen atoms in total. The summed E-state index contributed by atoms with van der Waals surface area (Å²) in [5.74, 6) is 1.42. The number of nitrogens with one attached hydrogen (secondary N) is 2. The molecule has 0 bridgehead atoms. The summed E-state index contributed by atoms with van der Waals surface area (Å²) >= 11 is 0. The minimum Gasteiger partial charge on any atom is -0.345 e. The van der Waals surface area contributed by atoms with Crippen molar-refractivity contribution < 1.29 is 4.79 Å². The predicted octanol–water partition coefficient (Wildman–Crippen LogP) is 0.987. The first-order valence-corrected chi connectivity index (χ1v) is 8.13. The van der Waals surface area contributed by atoms with Crippen molar-refractivity contribution in [2.24, 2.45) is 7.05 Å². The van der Waals surface area contributed by atoms with Gasteiger partial charge in [0.05, 0.1) is 13.6 Å². The van der Waals surface area contributed by atoms with Gasteiger partial charge in [0, 0.05) is 29.1 Å². The van der Waals surface area contributed by atoms with Crippen molar-refractivity contribution in [3.8, 4) is 22.8 Å². The zero-order valence-electron chi connectivity index (χ0n) is 14.4. The van der Waals surface area contributed by atoms with Gasteiger partial charge >= 0.3 is 0 Å². The van der Waals surface area contributed by atoms with Crippen LogP contribution in [0.3, 0.4) is 0 Å². The van der Waals surface area contributed by atoms with Gasteiger partial charge in [-0.2, -0.15) is 9.90 Å². The number of tetrazole rings is 1. The van der Waals surface area contributed by atoms with E-state index in [1.54, 1.807) is 43.7 Å². The van der Waals surface area contributed by atoms with Gasteiger partial charge in [-0.1, -0.05) is 12.1 Å². The number of rotatable bonds is 5. The maximum atomic E-state index is 12.3. The summed E-state index contributed by atoms with van der Waals surface area (Å²) in [6.45, 7) is 0.240. The Labute approximate surface area is 153 Å². The highest BCUT2D eigenvalue weighted by molar-refractivity contribution is 5.94. The smallest absolute Gasteiger partial charge is 0.251 e. The van der Waals surface area contributed by atoms with E-state index in [-0.39, 0.29) is 12.5 Å². The number of aromatic nitrogens is 8. The van der Waals surface area contributed by atoms with Crippen LogP contribution in [-0.2, 0) is 13.6 Å². The van der Waals surface area contributed by atoms with Gasteiger partial charge in [0.1, 0.15) is 5.82 Å². The zero-order valence-corrected chi connectivity index (χ0v) is 14.4. The summed E-state index contributed by atoms with van der Waals surface area (Å²) in [7, 11) is 1.70. The number of benzene rings is 1. The fourth-order valence-electron chi connectivity index (χ4n) is 2.44. The number of aromatic amines is 1. The third kappa shape index (κ3) is 3.68. The number of hydrogen-bond acceptors (Lipinski definition) is 7. The van der Waals surface area contributed by atoms with E-state index in [9.17, 15) is 4.79 Å². The van der Waals surface area contributed by atoms with Crippen molar-refractivity contribution in [2.75, 3.05) is 0 Å². The Hall–Kier alpha value is -3.95. The Morgan fingerprint density at radius 1 is 1.07 bits per heavy atom. The van der Waals surface area contributed by atoms with Gasteiger partial charge in [0.25, 0.3) is 5.91 Å². The highest BCUT2D eigenvalue weighted by Crippen LogP contribution is 2.15. The second-order valence-electron chi connectivity index (χ2n) is 5.70. The van der Waals surface area contributed by atoms with Crippen LogP contribution >= 0.6 is 0 Å². The van der Waals surface area contributed by atoms with Crippen molar-refractivity contribution in [3.05, 3.63) is 60.2 Å². The molecule has 3 aromatic heterocycles. The molecule has 3 heterocycles. The number of aryl methyl sites for hydroxylation is 1. The van der Waals surface area contributed by atoms with Gasteiger partial charge in [-0.3, -0.25) is 14.9 Å². The standard InChI is InChI=1S/C17H15N9O/c1-26-24-16(23-25-26)11-2-4-13(5-3-11)17(27)19-10-14-20-15(22-21-14)12-6-8-18-9-7-12/h2-9H,10H2,1H3,(H,19,27)(H,20,21,22). The summed E-state index contributed by atoms with van der Waals surface area (Å²) in [5.41, 5.74) is 2.17. The lowest BCUT2D eigenvalue weighted by molar-refractivity contribution is 0.0950. The van der Waals surface area contributed by atoms with Crippen molar-refractivity contribution in [2.45, 2.75) is 6.54 Å². The van der Waals surface area contributed by atoms with Gasteiger partial charge in [0.15, 0.2) is 5.82 Å². The molecule has 0 fully saturated rings. The van der Waals surface area contributed by atoms with Crippen LogP contribution in [0.15, 0.2) is 48.8 Å². The first-order chi connectivity index (χ1) is 13.2. The molecule has 0 aliphatic carbocycles. The lowest BCUT2D eigenvalue weighted by Gasteiger charge is -2.03. The first kappa shape index (κ1) is 16.5. The molecule has 0 spiro atoms. The molecule has 0 atom stereocenters. The number of carbonyl (C=O) groups excluding carboxylic acids is 1. The van der Waals surface area contributed by atoms with Gasteiger partial charge in [0.2, 0.25) is 5.82 Å². The number of H-pyrrole nitrogens is 1. The fourth-order valence-corrected chi connectivity index (χ4v) is 2.44. The summed E-state index contributed by atoms with van der Waals surface area (Å²) in [4.78, 5) is 22.0. The molecular formula is C17H15N9O. The molecule has 134 valence electrons. The van der Waals surface area contributed by atoms with E-state index in [4.69, 9.17) is 0 Å². The Balaban J connectivity index is 1.39. The molecule has 4 rings (SSSR count). The van der Waals surface area contributed by atoms with E-state index in [0.29, 0.717) is 23.0 Å². The Morgan fingerprint density at radius 3 is 2.52 bits per heavy atom. The van der Waals surface area contributed by atoms with Gasteiger partial charge in [-0.15, -0.1) is 10.2 Å². The van der Waals surface area contributed by atoms with Gasteiger partial charge in [-0.25, -0.2) is 4.98 Å². The molecule has 4 aromatic rings. The normalized spacial score (nSPS) is 10.7. The van der Waals surface area contributed by atoms with E-state index < -0.39 is 0 Å². The molecule has 0 aliphatic rings. The van der Waals surface area contributed by atoms with Crippen LogP contribution in [0.25, 0.3) is 22.8 Å². The number of hydrogen-bond donors (Lipinski definition) is 2. The highest BCUT2D eigenvalue weighted by Gasteiger charge is 2.10. The van der Waals surface area contributed by atoms with E-state index in [2.05, 4.69) is 40.9 Å². The number of amides is 1. The van der Waals surface area contributed by atoms with Crippen LogP contribution < -0.4 is 5.32 Å². The van der Waals surface area contributed by atoms with Crippen LogP contribution in [0.5, 0.6) is 0 Å². The Morgan fingerprint density at radius 2 is 1.81 bits per heavy atom.